The molecule has 0 fully saturated rings. The van der Waals surface area contributed by atoms with Crippen molar-refractivity contribution in [3.63, 3.8) is 0 Å². The summed E-state index contributed by atoms with van der Waals surface area (Å²) in [5.74, 6) is -3.02. The van der Waals surface area contributed by atoms with Gasteiger partial charge in [0.1, 0.15) is 0 Å². The first-order valence-electron chi connectivity index (χ1n) is 7.20. The molecule has 24 heavy (non-hydrogen) atoms. The Kier molecular flexibility index (Phi) is 4.92. The van der Waals surface area contributed by atoms with Crippen LogP contribution in [0.15, 0.2) is 36.7 Å². The second kappa shape index (κ2) is 6.74. The average molecular weight is 333 g/mol. The van der Waals surface area contributed by atoms with E-state index in [-0.39, 0.29) is 22.7 Å². The van der Waals surface area contributed by atoms with E-state index in [4.69, 9.17) is 0 Å². The van der Waals surface area contributed by atoms with E-state index in [2.05, 4.69) is 15.6 Å². The minimum absolute atomic E-state index is 0.100. The van der Waals surface area contributed by atoms with Crippen LogP contribution in [0.3, 0.4) is 0 Å². The summed E-state index contributed by atoms with van der Waals surface area (Å²) in [6.45, 7) is 5.49. The second-order valence-corrected chi connectivity index (χ2v) is 6.25. The Labute approximate surface area is 138 Å². The monoisotopic (exact) mass is 333 g/mol. The number of hydrogen-bond acceptors (Lipinski definition) is 3. The molecule has 0 spiro atoms. The molecule has 126 valence electrons. The highest BCUT2D eigenvalue weighted by atomic mass is 19.2. The third-order valence-corrected chi connectivity index (χ3v) is 2.93. The Bertz CT molecular complexity index is 786. The van der Waals surface area contributed by atoms with Crippen molar-refractivity contribution in [3.05, 3.63) is 59.4 Å². The number of amides is 2. The van der Waals surface area contributed by atoms with Gasteiger partial charge in [-0.25, -0.2) is 8.78 Å². The zero-order valence-electron chi connectivity index (χ0n) is 13.5. The van der Waals surface area contributed by atoms with Gasteiger partial charge in [-0.1, -0.05) is 0 Å². The number of carbonyl (C=O) groups excluding carboxylic acids is 2. The van der Waals surface area contributed by atoms with Crippen LogP contribution in [-0.2, 0) is 0 Å². The first kappa shape index (κ1) is 17.5. The van der Waals surface area contributed by atoms with Crippen molar-refractivity contribution in [3.8, 4) is 0 Å². The lowest BCUT2D eigenvalue weighted by atomic mass is 10.1. The van der Waals surface area contributed by atoms with Gasteiger partial charge in [-0.05, 0) is 39.0 Å². The number of hydrogen-bond donors (Lipinski definition) is 2. The molecular weight excluding hydrogens is 316 g/mol. The summed E-state index contributed by atoms with van der Waals surface area (Å²) in [4.78, 5) is 28.1. The fraction of sp³-hybridized carbons (Fsp3) is 0.235. The molecule has 0 radical (unpaired) electrons. The Balaban J connectivity index is 2.16. The summed E-state index contributed by atoms with van der Waals surface area (Å²) in [5, 5.41) is 5.19. The number of nitrogens with one attached hydrogen (secondary N) is 2. The Morgan fingerprint density at radius 1 is 0.958 bits per heavy atom. The standard InChI is InChI=1S/C17H17F2N3O2/c1-17(2,3)22-16(24)11-6-10(8-20-9-11)15(23)21-12-4-5-13(18)14(19)7-12/h4-9H,1-3H3,(H,21,23)(H,22,24). The number of carbonyl (C=O) groups is 2. The van der Waals surface area contributed by atoms with Gasteiger partial charge in [-0.3, -0.25) is 14.6 Å². The average Bonchev–Trinajstić information content (AvgIpc) is 2.49. The molecule has 0 aliphatic carbocycles. The largest absolute Gasteiger partial charge is 0.347 e. The highest BCUT2D eigenvalue weighted by molar-refractivity contribution is 6.05. The molecule has 0 aliphatic heterocycles. The van der Waals surface area contributed by atoms with Gasteiger partial charge >= 0.3 is 0 Å². The topological polar surface area (TPSA) is 71.1 Å². The summed E-state index contributed by atoms with van der Waals surface area (Å²) >= 11 is 0. The van der Waals surface area contributed by atoms with Crippen molar-refractivity contribution >= 4 is 17.5 Å². The summed E-state index contributed by atoms with van der Waals surface area (Å²) in [6.07, 6.45) is 2.62. The maximum absolute atomic E-state index is 13.2. The lowest BCUT2D eigenvalue weighted by Gasteiger charge is -2.20. The predicted molar refractivity (Wildman–Crippen MR) is 85.8 cm³/mol. The molecule has 1 heterocycles. The number of rotatable bonds is 3. The molecule has 0 aliphatic rings. The van der Waals surface area contributed by atoms with Gasteiger partial charge in [0, 0.05) is 29.7 Å². The van der Waals surface area contributed by atoms with Crippen molar-refractivity contribution < 1.29 is 18.4 Å². The van der Waals surface area contributed by atoms with Crippen LogP contribution in [0.2, 0.25) is 0 Å². The van der Waals surface area contributed by atoms with Crippen molar-refractivity contribution in [1.29, 1.82) is 0 Å². The second-order valence-electron chi connectivity index (χ2n) is 6.25. The number of nitrogens with zero attached hydrogens (tertiary/aromatic N) is 1. The van der Waals surface area contributed by atoms with E-state index in [1.807, 2.05) is 20.8 Å². The predicted octanol–water partition coefficient (Wildman–Crippen LogP) is 3.14. The first-order valence-corrected chi connectivity index (χ1v) is 7.20. The van der Waals surface area contributed by atoms with Crippen LogP contribution in [0.4, 0.5) is 14.5 Å². The van der Waals surface area contributed by atoms with Gasteiger partial charge in [0.25, 0.3) is 11.8 Å². The SMILES string of the molecule is CC(C)(C)NC(=O)c1cncc(C(=O)Nc2ccc(F)c(F)c2)c1. The van der Waals surface area contributed by atoms with E-state index in [1.54, 1.807) is 0 Å². The van der Waals surface area contributed by atoms with Crippen LogP contribution in [-0.4, -0.2) is 22.3 Å². The molecule has 0 unspecified atom stereocenters. The summed E-state index contributed by atoms with van der Waals surface area (Å²) in [6, 6.07) is 4.40. The number of pyridine rings is 1. The van der Waals surface area contributed by atoms with Gasteiger partial charge in [-0.2, -0.15) is 0 Å². The molecule has 1 aromatic carbocycles. The first-order chi connectivity index (χ1) is 11.2. The van der Waals surface area contributed by atoms with Crippen LogP contribution in [0, 0.1) is 11.6 Å². The summed E-state index contributed by atoms with van der Waals surface area (Å²) in [5.41, 5.74) is 0.0219. The van der Waals surface area contributed by atoms with Gasteiger partial charge in [0.2, 0.25) is 0 Å². The fourth-order valence-corrected chi connectivity index (χ4v) is 1.88. The molecule has 5 nitrogen and oxygen atoms in total. The Morgan fingerprint density at radius 3 is 2.17 bits per heavy atom. The highest BCUT2D eigenvalue weighted by Crippen LogP contribution is 2.15. The Hall–Kier alpha value is -2.83. The molecule has 0 bridgehead atoms. The van der Waals surface area contributed by atoms with Crippen LogP contribution in [0.1, 0.15) is 41.5 Å². The molecule has 2 amide bonds. The Morgan fingerprint density at radius 2 is 1.58 bits per heavy atom. The van der Waals surface area contributed by atoms with Crippen molar-refractivity contribution in [2.75, 3.05) is 5.32 Å². The maximum atomic E-state index is 13.2. The normalized spacial score (nSPS) is 11.0. The summed E-state index contributed by atoms with van der Waals surface area (Å²) < 4.78 is 26.1. The zero-order valence-corrected chi connectivity index (χ0v) is 13.5. The van der Waals surface area contributed by atoms with E-state index in [1.165, 1.54) is 24.5 Å². The van der Waals surface area contributed by atoms with Gasteiger partial charge in [-0.15, -0.1) is 0 Å². The lowest BCUT2D eigenvalue weighted by Crippen LogP contribution is -2.40. The van der Waals surface area contributed by atoms with Crippen molar-refractivity contribution in [2.45, 2.75) is 26.3 Å². The van der Waals surface area contributed by atoms with Gasteiger partial charge in [0.05, 0.1) is 11.1 Å². The van der Waals surface area contributed by atoms with Crippen LogP contribution >= 0.6 is 0 Å². The van der Waals surface area contributed by atoms with Crippen LogP contribution in [0.25, 0.3) is 0 Å². The van der Waals surface area contributed by atoms with Crippen molar-refractivity contribution in [2.24, 2.45) is 0 Å². The maximum Gasteiger partial charge on any atom is 0.257 e. The molecule has 1 aromatic heterocycles. The van der Waals surface area contributed by atoms with E-state index in [9.17, 15) is 18.4 Å². The quantitative estimate of drug-likeness (QED) is 0.906. The number of anilines is 1. The van der Waals surface area contributed by atoms with E-state index in [0.717, 1.165) is 12.1 Å². The molecular formula is C17H17F2N3O2. The van der Waals surface area contributed by atoms with E-state index >= 15 is 0 Å². The number of halogens is 2. The smallest absolute Gasteiger partial charge is 0.257 e. The summed E-state index contributed by atoms with van der Waals surface area (Å²) in [7, 11) is 0. The van der Waals surface area contributed by atoms with Gasteiger partial charge < -0.3 is 10.6 Å². The van der Waals surface area contributed by atoms with Crippen molar-refractivity contribution in [1.82, 2.24) is 10.3 Å². The fourth-order valence-electron chi connectivity index (χ4n) is 1.88. The minimum atomic E-state index is -1.07. The molecule has 2 rings (SSSR count). The third-order valence-electron chi connectivity index (χ3n) is 2.93. The highest BCUT2D eigenvalue weighted by Gasteiger charge is 2.17. The van der Waals surface area contributed by atoms with Gasteiger partial charge in [0.15, 0.2) is 11.6 Å². The number of benzene rings is 1. The molecule has 2 N–H and O–H groups in total. The van der Waals surface area contributed by atoms with Crippen LogP contribution < -0.4 is 10.6 Å². The minimum Gasteiger partial charge on any atom is -0.347 e. The molecule has 0 saturated carbocycles. The lowest BCUT2D eigenvalue weighted by molar-refractivity contribution is 0.0919. The molecule has 2 aromatic rings. The van der Waals surface area contributed by atoms with Crippen LogP contribution in [0.5, 0.6) is 0 Å². The molecule has 7 heteroatoms. The zero-order chi connectivity index (χ0) is 17.9. The molecule has 0 atom stereocenters. The molecule has 0 saturated heterocycles. The number of aromatic nitrogens is 1. The van der Waals surface area contributed by atoms with E-state index < -0.39 is 23.1 Å². The van der Waals surface area contributed by atoms with E-state index in [0.29, 0.717) is 0 Å². The third kappa shape index (κ3) is 4.58.